The fraction of sp³-hybridized carbons (Fsp3) is 0.455. The summed E-state index contributed by atoms with van der Waals surface area (Å²) in [6, 6.07) is 8.48. The van der Waals surface area contributed by atoms with E-state index < -0.39 is 0 Å². The van der Waals surface area contributed by atoms with E-state index in [4.69, 9.17) is 11.6 Å². The van der Waals surface area contributed by atoms with Gasteiger partial charge in [-0.1, -0.05) is 24.3 Å². The first-order valence-corrected chi connectivity index (χ1v) is 4.82. The topological polar surface area (TPSA) is 0 Å². The van der Waals surface area contributed by atoms with Gasteiger partial charge >= 0.3 is 0 Å². The Kier molecular flexibility index (Phi) is 3.61. The predicted molar refractivity (Wildman–Crippen MR) is 54.8 cm³/mol. The van der Waals surface area contributed by atoms with Crippen molar-refractivity contribution in [3.63, 3.8) is 0 Å². The molecule has 0 amide bonds. The van der Waals surface area contributed by atoms with E-state index in [9.17, 15) is 0 Å². The lowest BCUT2D eigenvalue weighted by Crippen LogP contribution is -1.96. The summed E-state index contributed by atoms with van der Waals surface area (Å²) in [5, 5.41) is 0.282. The van der Waals surface area contributed by atoms with E-state index in [1.165, 1.54) is 11.1 Å². The zero-order valence-electron chi connectivity index (χ0n) is 7.68. The van der Waals surface area contributed by atoms with Gasteiger partial charge in [-0.15, -0.1) is 11.6 Å². The third kappa shape index (κ3) is 2.86. The third-order valence-electron chi connectivity index (χ3n) is 2.07. The summed E-state index contributed by atoms with van der Waals surface area (Å²) in [6.07, 6.45) is 2.16. The molecule has 0 saturated heterocycles. The van der Waals surface area contributed by atoms with Gasteiger partial charge in [-0.25, -0.2) is 0 Å². The minimum Gasteiger partial charge on any atom is -0.123 e. The van der Waals surface area contributed by atoms with Crippen LogP contribution in [-0.4, -0.2) is 5.38 Å². The van der Waals surface area contributed by atoms with Crippen LogP contribution in [0.25, 0.3) is 0 Å². The molecular weight excluding hydrogens is 168 g/mol. The fourth-order valence-corrected chi connectivity index (χ4v) is 1.35. The van der Waals surface area contributed by atoms with Crippen molar-refractivity contribution in [3.05, 3.63) is 35.4 Å². The zero-order chi connectivity index (χ0) is 8.97. The highest BCUT2D eigenvalue weighted by atomic mass is 35.5. The second kappa shape index (κ2) is 4.51. The minimum atomic E-state index is 0.282. The summed E-state index contributed by atoms with van der Waals surface area (Å²) in [4.78, 5) is 0. The van der Waals surface area contributed by atoms with Crippen molar-refractivity contribution in [2.45, 2.75) is 32.1 Å². The molecule has 0 aliphatic rings. The number of rotatable bonds is 3. The summed E-state index contributed by atoms with van der Waals surface area (Å²) in [6.45, 7) is 4.19. The van der Waals surface area contributed by atoms with Gasteiger partial charge in [0.05, 0.1) is 0 Å². The molecule has 0 saturated carbocycles. The van der Waals surface area contributed by atoms with Crippen molar-refractivity contribution >= 4 is 11.6 Å². The van der Waals surface area contributed by atoms with E-state index in [0.717, 1.165) is 12.8 Å². The molecule has 0 radical (unpaired) electrons. The van der Waals surface area contributed by atoms with Gasteiger partial charge in [0, 0.05) is 5.38 Å². The lowest BCUT2D eigenvalue weighted by molar-refractivity contribution is 0.799. The van der Waals surface area contributed by atoms with Crippen LogP contribution in [0.2, 0.25) is 0 Å². The fourth-order valence-electron chi connectivity index (χ4n) is 1.24. The number of benzene rings is 1. The van der Waals surface area contributed by atoms with Crippen LogP contribution in [0.15, 0.2) is 24.3 Å². The summed E-state index contributed by atoms with van der Waals surface area (Å²) in [7, 11) is 0. The van der Waals surface area contributed by atoms with Crippen LogP contribution < -0.4 is 0 Å². The number of alkyl halides is 1. The number of aryl methyl sites for hydroxylation is 2. The summed E-state index contributed by atoms with van der Waals surface area (Å²) in [5.74, 6) is 0. The molecule has 1 aromatic carbocycles. The van der Waals surface area contributed by atoms with E-state index in [2.05, 4.69) is 31.2 Å². The molecule has 0 fully saturated rings. The summed E-state index contributed by atoms with van der Waals surface area (Å²) in [5.41, 5.74) is 2.79. The van der Waals surface area contributed by atoms with E-state index in [1.54, 1.807) is 0 Å². The minimum absolute atomic E-state index is 0.282. The molecular formula is C11H15Cl. The lowest BCUT2D eigenvalue weighted by atomic mass is 10.0. The maximum Gasteiger partial charge on any atom is 0.0311 e. The molecule has 0 bridgehead atoms. The van der Waals surface area contributed by atoms with Crippen LogP contribution in [0, 0.1) is 6.92 Å². The van der Waals surface area contributed by atoms with Crippen molar-refractivity contribution in [3.8, 4) is 0 Å². The number of hydrogen-bond acceptors (Lipinski definition) is 0. The van der Waals surface area contributed by atoms with Gasteiger partial charge in [0.25, 0.3) is 0 Å². The van der Waals surface area contributed by atoms with Gasteiger partial charge in [0.15, 0.2) is 0 Å². The predicted octanol–water partition coefficient (Wildman–Crippen LogP) is 3.55. The van der Waals surface area contributed by atoms with Gasteiger partial charge in [-0.2, -0.15) is 0 Å². The Bertz CT molecular complexity index is 241. The van der Waals surface area contributed by atoms with Crippen molar-refractivity contribution in [1.29, 1.82) is 0 Å². The zero-order valence-corrected chi connectivity index (χ0v) is 8.43. The highest BCUT2D eigenvalue weighted by molar-refractivity contribution is 6.20. The normalized spacial score (nSPS) is 12.9. The van der Waals surface area contributed by atoms with Crippen LogP contribution in [-0.2, 0) is 6.42 Å². The molecule has 1 unspecified atom stereocenters. The molecule has 0 aliphatic carbocycles. The maximum absolute atomic E-state index is 5.88. The van der Waals surface area contributed by atoms with Crippen LogP contribution in [0.4, 0.5) is 0 Å². The molecule has 12 heavy (non-hydrogen) atoms. The number of hydrogen-bond donors (Lipinski definition) is 0. The second-order valence-corrected chi connectivity index (χ2v) is 3.99. The third-order valence-corrected chi connectivity index (χ3v) is 2.29. The van der Waals surface area contributed by atoms with Gasteiger partial charge in [-0.3, -0.25) is 0 Å². The van der Waals surface area contributed by atoms with Crippen LogP contribution in [0.1, 0.15) is 24.5 Å². The first-order chi connectivity index (χ1) is 5.70. The van der Waals surface area contributed by atoms with Crippen LogP contribution >= 0.6 is 11.6 Å². The van der Waals surface area contributed by atoms with Gasteiger partial charge in [0.1, 0.15) is 0 Å². The van der Waals surface area contributed by atoms with Gasteiger partial charge < -0.3 is 0 Å². The Morgan fingerprint density at radius 1 is 1.33 bits per heavy atom. The maximum atomic E-state index is 5.88. The Labute approximate surface area is 79.6 Å². The number of halogens is 1. The van der Waals surface area contributed by atoms with E-state index in [-0.39, 0.29) is 5.38 Å². The molecule has 1 heteroatoms. The highest BCUT2D eigenvalue weighted by Crippen LogP contribution is 2.12. The smallest absolute Gasteiger partial charge is 0.0311 e. The quantitative estimate of drug-likeness (QED) is 0.628. The molecule has 0 N–H and O–H groups in total. The molecule has 1 aromatic rings. The van der Waals surface area contributed by atoms with E-state index in [1.807, 2.05) is 6.92 Å². The van der Waals surface area contributed by atoms with Crippen molar-refractivity contribution in [2.24, 2.45) is 0 Å². The standard InChI is InChI=1S/C11H15Cl/c1-9-5-3-4-6-11(9)8-7-10(2)12/h3-6,10H,7-8H2,1-2H3. The van der Waals surface area contributed by atoms with Crippen molar-refractivity contribution in [1.82, 2.24) is 0 Å². The van der Waals surface area contributed by atoms with Crippen LogP contribution in [0.3, 0.4) is 0 Å². The molecule has 1 rings (SSSR count). The molecule has 0 heterocycles. The first kappa shape index (κ1) is 9.60. The monoisotopic (exact) mass is 182 g/mol. The molecule has 1 atom stereocenters. The Hall–Kier alpha value is -0.490. The first-order valence-electron chi connectivity index (χ1n) is 4.38. The Morgan fingerprint density at radius 3 is 2.58 bits per heavy atom. The van der Waals surface area contributed by atoms with Gasteiger partial charge in [-0.05, 0) is 37.8 Å². The van der Waals surface area contributed by atoms with E-state index in [0.29, 0.717) is 0 Å². The Balaban J connectivity index is 2.57. The Morgan fingerprint density at radius 2 is 2.00 bits per heavy atom. The largest absolute Gasteiger partial charge is 0.123 e. The van der Waals surface area contributed by atoms with Crippen LogP contribution in [0.5, 0.6) is 0 Å². The average molecular weight is 183 g/mol. The average Bonchev–Trinajstić information content (AvgIpc) is 2.03. The van der Waals surface area contributed by atoms with Crippen molar-refractivity contribution in [2.75, 3.05) is 0 Å². The second-order valence-electron chi connectivity index (χ2n) is 3.25. The van der Waals surface area contributed by atoms with Crippen molar-refractivity contribution < 1.29 is 0 Å². The highest BCUT2D eigenvalue weighted by Gasteiger charge is 1.99. The molecule has 0 aliphatic heterocycles. The summed E-state index contributed by atoms with van der Waals surface area (Å²) < 4.78 is 0. The summed E-state index contributed by atoms with van der Waals surface area (Å²) >= 11 is 5.88. The molecule has 66 valence electrons. The lowest BCUT2D eigenvalue weighted by Gasteiger charge is -2.05. The van der Waals surface area contributed by atoms with Gasteiger partial charge in [0.2, 0.25) is 0 Å². The molecule has 0 nitrogen and oxygen atoms in total. The SMILES string of the molecule is Cc1ccccc1CCC(C)Cl. The molecule has 0 spiro atoms. The van der Waals surface area contributed by atoms with E-state index >= 15 is 0 Å². The molecule has 0 aromatic heterocycles.